The van der Waals surface area contributed by atoms with Crippen LogP contribution < -0.4 is 10.6 Å². The van der Waals surface area contributed by atoms with E-state index < -0.39 is 0 Å². The number of hydrogen-bond donors (Lipinski definition) is 2. The first-order chi connectivity index (χ1) is 11.0. The zero-order chi connectivity index (χ0) is 16.8. The SMILES string of the molecule is Cc1cc(Br)ccc1Nc1cncc(C(=O)NCCC(C)C)c1. The average molecular weight is 376 g/mol. The lowest BCUT2D eigenvalue weighted by Gasteiger charge is -2.11. The second-order valence-corrected chi connectivity index (χ2v) is 6.90. The first-order valence-corrected chi connectivity index (χ1v) is 8.51. The minimum Gasteiger partial charge on any atom is -0.354 e. The highest BCUT2D eigenvalue weighted by atomic mass is 79.9. The molecule has 0 aliphatic rings. The molecule has 2 aromatic rings. The number of benzene rings is 1. The zero-order valence-corrected chi connectivity index (χ0v) is 15.3. The largest absolute Gasteiger partial charge is 0.354 e. The fourth-order valence-electron chi connectivity index (χ4n) is 2.13. The molecule has 0 atom stereocenters. The Hall–Kier alpha value is -1.88. The second kappa shape index (κ2) is 8.11. The number of amides is 1. The fraction of sp³-hybridized carbons (Fsp3) is 0.333. The minimum absolute atomic E-state index is 0.0886. The minimum atomic E-state index is -0.0886. The molecule has 0 radical (unpaired) electrons. The van der Waals surface area contributed by atoms with Crippen molar-refractivity contribution in [3.8, 4) is 0 Å². The van der Waals surface area contributed by atoms with Gasteiger partial charge in [-0.1, -0.05) is 29.8 Å². The molecule has 23 heavy (non-hydrogen) atoms. The summed E-state index contributed by atoms with van der Waals surface area (Å²) in [6.45, 7) is 6.99. The molecule has 0 saturated carbocycles. The van der Waals surface area contributed by atoms with E-state index in [4.69, 9.17) is 0 Å². The van der Waals surface area contributed by atoms with E-state index in [0.717, 1.165) is 27.8 Å². The van der Waals surface area contributed by atoms with Crippen LogP contribution >= 0.6 is 15.9 Å². The zero-order valence-electron chi connectivity index (χ0n) is 13.7. The molecule has 0 saturated heterocycles. The Kier molecular flexibility index (Phi) is 6.16. The van der Waals surface area contributed by atoms with Crippen molar-refractivity contribution >= 4 is 33.2 Å². The predicted molar refractivity (Wildman–Crippen MR) is 98.2 cm³/mol. The van der Waals surface area contributed by atoms with Crippen molar-refractivity contribution in [2.75, 3.05) is 11.9 Å². The lowest BCUT2D eigenvalue weighted by atomic mass is 10.1. The third-order valence-electron chi connectivity index (χ3n) is 3.48. The van der Waals surface area contributed by atoms with Crippen molar-refractivity contribution in [2.45, 2.75) is 27.2 Å². The molecule has 5 heteroatoms. The smallest absolute Gasteiger partial charge is 0.252 e. The van der Waals surface area contributed by atoms with Crippen molar-refractivity contribution < 1.29 is 4.79 Å². The van der Waals surface area contributed by atoms with Crippen LogP contribution in [0.15, 0.2) is 41.1 Å². The van der Waals surface area contributed by atoms with E-state index in [1.807, 2.05) is 31.2 Å². The van der Waals surface area contributed by atoms with E-state index in [1.54, 1.807) is 12.4 Å². The van der Waals surface area contributed by atoms with Gasteiger partial charge in [0, 0.05) is 22.9 Å². The summed E-state index contributed by atoms with van der Waals surface area (Å²) >= 11 is 3.45. The molecular formula is C18H22BrN3O. The Labute approximate surface area is 145 Å². The number of nitrogens with one attached hydrogen (secondary N) is 2. The summed E-state index contributed by atoms with van der Waals surface area (Å²) in [5, 5.41) is 6.23. The summed E-state index contributed by atoms with van der Waals surface area (Å²) in [6.07, 6.45) is 4.27. The molecule has 1 amide bonds. The monoisotopic (exact) mass is 375 g/mol. The van der Waals surface area contributed by atoms with Crippen LogP contribution in [0.1, 0.15) is 36.2 Å². The summed E-state index contributed by atoms with van der Waals surface area (Å²) in [6, 6.07) is 7.83. The van der Waals surface area contributed by atoms with Crippen molar-refractivity contribution in [3.63, 3.8) is 0 Å². The van der Waals surface area contributed by atoms with E-state index >= 15 is 0 Å². The van der Waals surface area contributed by atoms with Crippen LogP contribution in [-0.4, -0.2) is 17.4 Å². The number of carbonyl (C=O) groups excluding carboxylic acids is 1. The first-order valence-electron chi connectivity index (χ1n) is 7.72. The van der Waals surface area contributed by atoms with E-state index in [2.05, 4.69) is 45.4 Å². The molecule has 0 fully saturated rings. The summed E-state index contributed by atoms with van der Waals surface area (Å²) in [4.78, 5) is 16.3. The Morgan fingerprint density at radius 1 is 1.26 bits per heavy atom. The van der Waals surface area contributed by atoms with Crippen LogP contribution in [-0.2, 0) is 0 Å². The second-order valence-electron chi connectivity index (χ2n) is 5.98. The van der Waals surface area contributed by atoms with Crippen LogP contribution in [0.25, 0.3) is 0 Å². The number of nitrogens with zero attached hydrogens (tertiary/aromatic N) is 1. The number of aromatic nitrogens is 1. The van der Waals surface area contributed by atoms with Gasteiger partial charge >= 0.3 is 0 Å². The summed E-state index contributed by atoms with van der Waals surface area (Å²) in [5.41, 5.74) is 3.47. The molecule has 0 unspecified atom stereocenters. The Balaban J connectivity index is 2.06. The van der Waals surface area contributed by atoms with Gasteiger partial charge in [0.15, 0.2) is 0 Å². The van der Waals surface area contributed by atoms with Gasteiger partial charge in [0.25, 0.3) is 5.91 Å². The van der Waals surface area contributed by atoms with Gasteiger partial charge in [-0.2, -0.15) is 0 Å². The van der Waals surface area contributed by atoms with E-state index in [1.165, 1.54) is 0 Å². The number of hydrogen-bond acceptors (Lipinski definition) is 3. The van der Waals surface area contributed by atoms with Crippen LogP contribution in [0.2, 0.25) is 0 Å². The van der Waals surface area contributed by atoms with Gasteiger partial charge in [-0.15, -0.1) is 0 Å². The number of anilines is 2. The molecule has 2 rings (SSSR count). The molecule has 1 aromatic heterocycles. The van der Waals surface area contributed by atoms with Crippen LogP contribution in [0.4, 0.5) is 11.4 Å². The van der Waals surface area contributed by atoms with Crippen molar-refractivity contribution in [3.05, 3.63) is 52.3 Å². The van der Waals surface area contributed by atoms with E-state index in [-0.39, 0.29) is 5.91 Å². The highest BCUT2D eigenvalue weighted by Crippen LogP contribution is 2.23. The molecule has 0 aliphatic carbocycles. The van der Waals surface area contributed by atoms with Gasteiger partial charge in [-0.05, 0) is 49.1 Å². The maximum Gasteiger partial charge on any atom is 0.252 e. The molecule has 0 bridgehead atoms. The van der Waals surface area contributed by atoms with Gasteiger partial charge in [0.05, 0.1) is 17.4 Å². The van der Waals surface area contributed by atoms with Crippen molar-refractivity contribution in [1.82, 2.24) is 10.3 Å². The molecular weight excluding hydrogens is 354 g/mol. The maximum atomic E-state index is 12.2. The maximum absolute atomic E-state index is 12.2. The van der Waals surface area contributed by atoms with Gasteiger partial charge in [0.2, 0.25) is 0 Å². The Morgan fingerprint density at radius 2 is 2.04 bits per heavy atom. The molecule has 2 N–H and O–H groups in total. The van der Waals surface area contributed by atoms with Crippen LogP contribution in [0.5, 0.6) is 0 Å². The number of carbonyl (C=O) groups is 1. The fourth-order valence-corrected chi connectivity index (χ4v) is 2.61. The molecule has 1 aromatic carbocycles. The van der Waals surface area contributed by atoms with E-state index in [0.29, 0.717) is 18.0 Å². The summed E-state index contributed by atoms with van der Waals surface area (Å²) < 4.78 is 1.04. The first kappa shape index (κ1) is 17.5. The van der Waals surface area contributed by atoms with Gasteiger partial charge in [-0.25, -0.2) is 0 Å². The highest BCUT2D eigenvalue weighted by Gasteiger charge is 2.08. The molecule has 1 heterocycles. The standard InChI is InChI=1S/C18H22BrN3O/c1-12(2)6-7-21-18(23)14-9-16(11-20-10-14)22-17-5-4-15(19)8-13(17)3/h4-5,8-12,22H,6-7H2,1-3H3,(H,21,23). The lowest BCUT2D eigenvalue weighted by Crippen LogP contribution is -2.25. The number of aryl methyl sites for hydroxylation is 1. The third kappa shape index (κ3) is 5.36. The normalized spacial score (nSPS) is 10.7. The predicted octanol–water partition coefficient (Wildman–Crippen LogP) is 4.67. The Bertz CT molecular complexity index is 686. The van der Waals surface area contributed by atoms with Crippen molar-refractivity contribution in [2.24, 2.45) is 5.92 Å². The van der Waals surface area contributed by atoms with Gasteiger partial charge in [-0.3, -0.25) is 9.78 Å². The van der Waals surface area contributed by atoms with Crippen LogP contribution in [0.3, 0.4) is 0 Å². The molecule has 0 aliphatic heterocycles. The lowest BCUT2D eigenvalue weighted by molar-refractivity contribution is 0.0951. The number of pyridine rings is 1. The third-order valence-corrected chi connectivity index (χ3v) is 3.97. The molecule has 0 spiro atoms. The quantitative estimate of drug-likeness (QED) is 0.770. The number of halogens is 1. The summed E-state index contributed by atoms with van der Waals surface area (Å²) in [7, 11) is 0. The van der Waals surface area contributed by atoms with Crippen molar-refractivity contribution in [1.29, 1.82) is 0 Å². The van der Waals surface area contributed by atoms with Gasteiger partial charge < -0.3 is 10.6 Å². The molecule has 122 valence electrons. The highest BCUT2D eigenvalue weighted by molar-refractivity contribution is 9.10. The molecule has 4 nitrogen and oxygen atoms in total. The topological polar surface area (TPSA) is 54.0 Å². The Morgan fingerprint density at radius 3 is 2.74 bits per heavy atom. The van der Waals surface area contributed by atoms with Crippen LogP contribution in [0, 0.1) is 12.8 Å². The van der Waals surface area contributed by atoms with E-state index in [9.17, 15) is 4.79 Å². The summed E-state index contributed by atoms with van der Waals surface area (Å²) in [5.74, 6) is 0.483. The number of rotatable bonds is 6. The van der Waals surface area contributed by atoms with Gasteiger partial charge in [0.1, 0.15) is 0 Å². The average Bonchev–Trinajstić information content (AvgIpc) is 2.50.